The maximum atomic E-state index is 12.8. The van der Waals surface area contributed by atoms with Gasteiger partial charge in [-0.1, -0.05) is 0 Å². The molecular formula is C15H21NO3S. The van der Waals surface area contributed by atoms with Crippen molar-refractivity contribution in [2.24, 2.45) is 0 Å². The van der Waals surface area contributed by atoms with Gasteiger partial charge in [0.2, 0.25) is 0 Å². The second-order valence-electron chi connectivity index (χ2n) is 5.77. The summed E-state index contributed by atoms with van der Waals surface area (Å²) in [7, 11) is -1.00. The number of anilines is 1. The Bertz CT molecular complexity index is 526. The number of nitrogens with two attached hydrogens (primary N) is 1. The normalized spacial score (nSPS) is 31.6. The number of aryl methyl sites for hydroxylation is 1. The fourth-order valence-electron chi connectivity index (χ4n) is 3.11. The molecule has 1 aromatic rings. The summed E-state index contributed by atoms with van der Waals surface area (Å²) in [6, 6.07) is 5.61. The molecule has 20 heavy (non-hydrogen) atoms. The van der Waals surface area contributed by atoms with Gasteiger partial charge in [0.05, 0.1) is 23.0 Å². The molecule has 2 saturated heterocycles. The minimum absolute atomic E-state index is 0.146. The van der Waals surface area contributed by atoms with Crippen molar-refractivity contribution >= 4 is 16.5 Å². The predicted octanol–water partition coefficient (Wildman–Crippen LogP) is 2.02. The van der Waals surface area contributed by atoms with Crippen LogP contribution in [-0.4, -0.2) is 34.9 Å². The van der Waals surface area contributed by atoms with Crippen LogP contribution >= 0.6 is 0 Å². The lowest BCUT2D eigenvalue weighted by molar-refractivity contribution is -0.0774. The van der Waals surface area contributed by atoms with Crippen molar-refractivity contribution in [2.45, 2.75) is 41.9 Å². The lowest BCUT2D eigenvalue weighted by Gasteiger charge is -2.36. The van der Waals surface area contributed by atoms with Crippen molar-refractivity contribution in [3.63, 3.8) is 0 Å². The van der Waals surface area contributed by atoms with Crippen LogP contribution in [0.15, 0.2) is 23.1 Å². The lowest BCUT2D eigenvalue weighted by Crippen LogP contribution is -2.43. The first-order valence-electron chi connectivity index (χ1n) is 7.08. The summed E-state index contributed by atoms with van der Waals surface area (Å²) in [5, 5.41) is 0.146. The summed E-state index contributed by atoms with van der Waals surface area (Å²) < 4.78 is 24.2. The average molecular weight is 295 g/mol. The number of hydrogen-bond donors (Lipinski definition) is 1. The zero-order valence-electron chi connectivity index (χ0n) is 11.8. The Morgan fingerprint density at radius 3 is 2.95 bits per heavy atom. The summed E-state index contributed by atoms with van der Waals surface area (Å²) in [6.45, 7) is 4.03. The van der Waals surface area contributed by atoms with Gasteiger partial charge in [-0.25, -0.2) is 0 Å². The Morgan fingerprint density at radius 2 is 2.25 bits per heavy atom. The molecule has 1 spiro atoms. The molecule has 3 rings (SSSR count). The van der Waals surface area contributed by atoms with E-state index in [1.165, 1.54) is 0 Å². The quantitative estimate of drug-likeness (QED) is 0.848. The predicted molar refractivity (Wildman–Crippen MR) is 79.1 cm³/mol. The molecule has 110 valence electrons. The summed E-state index contributed by atoms with van der Waals surface area (Å²) in [5.74, 6) is 0. The lowest BCUT2D eigenvalue weighted by atomic mass is 9.93. The minimum Gasteiger partial charge on any atom is -0.399 e. The highest BCUT2D eigenvalue weighted by Gasteiger charge is 2.42. The largest absolute Gasteiger partial charge is 0.399 e. The first kappa shape index (κ1) is 14.0. The van der Waals surface area contributed by atoms with Gasteiger partial charge in [0, 0.05) is 35.5 Å². The molecule has 0 aliphatic carbocycles. The average Bonchev–Trinajstić information content (AvgIpc) is 2.86. The summed E-state index contributed by atoms with van der Waals surface area (Å²) in [5.41, 5.74) is 7.30. The fraction of sp³-hybridized carbons (Fsp3) is 0.600. The van der Waals surface area contributed by atoms with Gasteiger partial charge in [-0.05, 0) is 43.5 Å². The molecule has 0 radical (unpaired) electrons. The van der Waals surface area contributed by atoms with Crippen molar-refractivity contribution < 1.29 is 13.7 Å². The van der Waals surface area contributed by atoms with Gasteiger partial charge in [-0.3, -0.25) is 4.21 Å². The summed E-state index contributed by atoms with van der Waals surface area (Å²) >= 11 is 0. The van der Waals surface area contributed by atoms with E-state index in [2.05, 4.69) is 0 Å². The second kappa shape index (κ2) is 5.47. The maximum Gasteiger partial charge on any atom is 0.0948 e. The standard InChI is InChI=1S/C15H21NO3S/c1-11-8-12(16)2-3-14(11)20(17)13-4-6-19-15(9-13)5-7-18-10-15/h2-3,8,13H,4-7,9-10,16H2,1H3. The highest BCUT2D eigenvalue weighted by molar-refractivity contribution is 7.85. The summed E-state index contributed by atoms with van der Waals surface area (Å²) in [4.78, 5) is 0.903. The topological polar surface area (TPSA) is 61.6 Å². The number of hydrogen-bond acceptors (Lipinski definition) is 4. The van der Waals surface area contributed by atoms with Gasteiger partial charge in [0.15, 0.2) is 0 Å². The SMILES string of the molecule is Cc1cc(N)ccc1S(=O)C1CCOC2(CCOC2)C1. The van der Waals surface area contributed by atoms with Gasteiger partial charge in [-0.2, -0.15) is 0 Å². The second-order valence-corrected chi connectivity index (χ2v) is 7.47. The maximum absolute atomic E-state index is 12.8. The number of rotatable bonds is 2. The van der Waals surface area contributed by atoms with Crippen molar-refractivity contribution in [3.8, 4) is 0 Å². The van der Waals surface area contributed by atoms with Gasteiger partial charge in [0.25, 0.3) is 0 Å². The Hall–Kier alpha value is -0.910. The molecule has 3 atom stereocenters. The molecule has 2 fully saturated rings. The third kappa shape index (κ3) is 2.62. The highest BCUT2D eigenvalue weighted by Crippen LogP contribution is 2.36. The molecule has 1 aromatic carbocycles. The van der Waals surface area contributed by atoms with Crippen molar-refractivity contribution in [1.82, 2.24) is 0 Å². The zero-order chi connectivity index (χ0) is 14.2. The Kier molecular flexibility index (Phi) is 3.84. The molecule has 0 saturated carbocycles. The van der Waals surface area contributed by atoms with Crippen molar-refractivity contribution in [2.75, 3.05) is 25.6 Å². The molecule has 0 amide bonds. The monoisotopic (exact) mass is 295 g/mol. The van der Waals surface area contributed by atoms with E-state index in [4.69, 9.17) is 15.2 Å². The minimum atomic E-state index is -1.00. The van der Waals surface area contributed by atoms with Crippen LogP contribution in [-0.2, 0) is 20.3 Å². The van der Waals surface area contributed by atoms with E-state index in [0.29, 0.717) is 13.2 Å². The Balaban J connectivity index is 1.79. The highest BCUT2D eigenvalue weighted by atomic mass is 32.2. The molecule has 5 heteroatoms. The van der Waals surface area contributed by atoms with Crippen molar-refractivity contribution in [1.29, 1.82) is 0 Å². The van der Waals surface area contributed by atoms with Gasteiger partial charge < -0.3 is 15.2 Å². The van der Waals surface area contributed by atoms with Crippen LogP contribution < -0.4 is 5.73 Å². The van der Waals surface area contributed by atoms with E-state index in [-0.39, 0.29) is 10.9 Å². The molecule has 0 bridgehead atoms. The molecule has 2 heterocycles. The molecule has 0 aromatic heterocycles. The fourth-order valence-corrected chi connectivity index (χ4v) is 4.81. The van der Waals surface area contributed by atoms with Gasteiger partial charge >= 0.3 is 0 Å². The van der Waals surface area contributed by atoms with E-state index >= 15 is 0 Å². The van der Waals surface area contributed by atoms with Crippen LogP contribution in [0, 0.1) is 6.92 Å². The van der Waals surface area contributed by atoms with E-state index < -0.39 is 10.8 Å². The van der Waals surface area contributed by atoms with Gasteiger partial charge in [-0.15, -0.1) is 0 Å². The van der Waals surface area contributed by atoms with Crippen LogP contribution in [0.2, 0.25) is 0 Å². The molecule has 4 nitrogen and oxygen atoms in total. The molecule has 2 N–H and O–H groups in total. The van der Waals surface area contributed by atoms with E-state index in [0.717, 1.165) is 42.0 Å². The number of nitrogen functional groups attached to an aromatic ring is 1. The van der Waals surface area contributed by atoms with E-state index in [9.17, 15) is 4.21 Å². The third-order valence-electron chi connectivity index (χ3n) is 4.23. The third-order valence-corrected chi connectivity index (χ3v) is 6.13. The van der Waals surface area contributed by atoms with Crippen LogP contribution in [0.1, 0.15) is 24.8 Å². The van der Waals surface area contributed by atoms with Gasteiger partial charge in [0.1, 0.15) is 0 Å². The Labute approximate surface area is 122 Å². The first-order valence-corrected chi connectivity index (χ1v) is 8.29. The smallest absolute Gasteiger partial charge is 0.0948 e. The number of benzene rings is 1. The van der Waals surface area contributed by atoms with Crippen LogP contribution in [0.5, 0.6) is 0 Å². The Morgan fingerprint density at radius 1 is 1.40 bits per heavy atom. The van der Waals surface area contributed by atoms with Crippen LogP contribution in [0.3, 0.4) is 0 Å². The number of ether oxygens (including phenoxy) is 2. The van der Waals surface area contributed by atoms with E-state index in [1.807, 2.05) is 25.1 Å². The van der Waals surface area contributed by atoms with Crippen LogP contribution in [0.4, 0.5) is 5.69 Å². The van der Waals surface area contributed by atoms with Crippen LogP contribution in [0.25, 0.3) is 0 Å². The summed E-state index contributed by atoms with van der Waals surface area (Å²) in [6.07, 6.45) is 2.59. The van der Waals surface area contributed by atoms with E-state index in [1.54, 1.807) is 0 Å². The molecule has 2 aliphatic rings. The molecular weight excluding hydrogens is 274 g/mol. The molecule has 2 aliphatic heterocycles. The van der Waals surface area contributed by atoms with Crippen molar-refractivity contribution in [3.05, 3.63) is 23.8 Å². The zero-order valence-corrected chi connectivity index (χ0v) is 12.6. The molecule has 3 unspecified atom stereocenters. The first-order chi connectivity index (χ1) is 9.60.